The lowest BCUT2D eigenvalue weighted by atomic mass is 10.0. The Kier molecular flexibility index (Phi) is 4.49. The monoisotopic (exact) mass is 320 g/mol. The third-order valence-electron chi connectivity index (χ3n) is 3.96. The predicted molar refractivity (Wildman–Crippen MR) is 81.4 cm³/mol. The van der Waals surface area contributed by atoms with Crippen molar-refractivity contribution in [1.82, 2.24) is 19.9 Å². The predicted octanol–water partition coefficient (Wildman–Crippen LogP) is 1.71. The van der Waals surface area contributed by atoms with Crippen LogP contribution >= 0.6 is 0 Å². The number of hydrogen-bond acceptors (Lipinski definition) is 4. The van der Waals surface area contributed by atoms with Gasteiger partial charge in [0.15, 0.2) is 0 Å². The van der Waals surface area contributed by atoms with E-state index in [1.807, 2.05) is 6.08 Å². The maximum atomic E-state index is 13.5. The minimum absolute atomic E-state index is 0.350. The summed E-state index contributed by atoms with van der Waals surface area (Å²) in [7, 11) is 0. The molecule has 0 spiro atoms. The number of β-amino-alcohol motifs (C(OH)–C–C–N with tert-alkyl or cyclic N) is 1. The Bertz CT molecular complexity index is 689. The lowest BCUT2D eigenvalue weighted by Crippen LogP contribution is -2.37. The highest BCUT2D eigenvalue weighted by Gasteiger charge is 2.36. The van der Waals surface area contributed by atoms with Gasteiger partial charge in [-0.1, -0.05) is 17.4 Å². The van der Waals surface area contributed by atoms with E-state index in [4.69, 9.17) is 0 Å². The van der Waals surface area contributed by atoms with Crippen molar-refractivity contribution in [2.45, 2.75) is 18.6 Å². The summed E-state index contributed by atoms with van der Waals surface area (Å²) in [6.45, 7) is 2.26. The quantitative estimate of drug-likeness (QED) is 0.911. The average Bonchev–Trinajstić information content (AvgIpc) is 3.12. The van der Waals surface area contributed by atoms with Crippen molar-refractivity contribution in [3.63, 3.8) is 0 Å². The molecule has 3 rings (SSSR count). The van der Waals surface area contributed by atoms with Crippen LogP contribution in [0.15, 0.2) is 36.7 Å². The van der Waals surface area contributed by atoms with E-state index in [-0.39, 0.29) is 0 Å². The van der Waals surface area contributed by atoms with Gasteiger partial charge in [-0.05, 0) is 18.6 Å². The van der Waals surface area contributed by atoms with Gasteiger partial charge in [-0.15, -0.1) is 5.10 Å². The van der Waals surface area contributed by atoms with E-state index in [1.54, 1.807) is 23.2 Å². The SMILES string of the molecule is OC1(Cn2ccnn2)CCN(C/C=C/c2ccc(F)cc2F)C1. The molecule has 1 aromatic heterocycles. The Morgan fingerprint density at radius 1 is 1.35 bits per heavy atom. The molecule has 1 saturated heterocycles. The number of hydrogen-bond donors (Lipinski definition) is 1. The lowest BCUT2D eigenvalue weighted by molar-refractivity contribution is 0.0292. The molecule has 1 aliphatic heterocycles. The molecule has 0 saturated carbocycles. The zero-order valence-corrected chi connectivity index (χ0v) is 12.6. The van der Waals surface area contributed by atoms with E-state index in [1.165, 1.54) is 12.1 Å². The molecule has 1 aliphatic rings. The number of likely N-dealkylation sites (tertiary alicyclic amines) is 1. The number of benzene rings is 1. The maximum absolute atomic E-state index is 13.5. The molecular formula is C16H18F2N4O. The van der Waals surface area contributed by atoms with Gasteiger partial charge in [-0.2, -0.15) is 0 Å². The summed E-state index contributed by atoms with van der Waals surface area (Å²) >= 11 is 0. The van der Waals surface area contributed by atoms with E-state index >= 15 is 0 Å². The van der Waals surface area contributed by atoms with E-state index in [0.29, 0.717) is 31.6 Å². The smallest absolute Gasteiger partial charge is 0.133 e. The molecule has 2 heterocycles. The second-order valence-electron chi connectivity index (χ2n) is 5.88. The van der Waals surface area contributed by atoms with Crippen LogP contribution in [0.1, 0.15) is 12.0 Å². The van der Waals surface area contributed by atoms with Gasteiger partial charge in [0, 0.05) is 37.5 Å². The first kappa shape index (κ1) is 15.8. The Labute approximate surface area is 132 Å². The van der Waals surface area contributed by atoms with Crippen LogP contribution in [0.25, 0.3) is 6.08 Å². The third-order valence-corrected chi connectivity index (χ3v) is 3.96. The first-order chi connectivity index (χ1) is 11.0. The molecule has 0 aliphatic carbocycles. The number of halogens is 2. The van der Waals surface area contributed by atoms with Gasteiger partial charge < -0.3 is 5.11 Å². The van der Waals surface area contributed by atoms with Crippen LogP contribution in [-0.2, 0) is 6.54 Å². The van der Waals surface area contributed by atoms with Crippen LogP contribution < -0.4 is 0 Å². The van der Waals surface area contributed by atoms with Crippen LogP contribution in [0, 0.1) is 11.6 Å². The molecule has 1 aromatic carbocycles. The molecular weight excluding hydrogens is 302 g/mol. The summed E-state index contributed by atoms with van der Waals surface area (Å²) < 4.78 is 28.0. The standard InChI is InChI=1S/C16H18F2N4O/c17-14-4-3-13(15(18)10-14)2-1-7-21-8-5-16(23,11-21)12-22-9-6-19-20-22/h1-4,6,9-10,23H,5,7-8,11-12H2/b2-1+. The van der Waals surface area contributed by atoms with E-state index in [2.05, 4.69) is 15.2 Å². The van der Waals surface area contributed by atoms with Gasteiger partial charge in [-0.3, -0.25) is 4.90 Å². The van der Waals surface area contributed by atoms with E-state index in [9.17, 15) is 13.9 Å². The number of rotatable bonds is 5. The van der Waals surface area contributed by atoms with Crippen LogP contribution in [0.3, 0.4) is 0 Å². The first-order valence-corrected chi connectivity index (χ1v) is 7.45. The molecule has 0 bridgehead atoms. The van der Waals surface area contributed by atoms with Crippen molar-refractivity contribution in [2.24, 2.45) is 0 Å². The van der Waals surface area contributed by atoms with E-state index < -0.39 is 17.2 Å². The fraction of sp³-hybridized carbons (Fsp3) is 0.375. The van der Waals surface area contributed by atoms with Crippen LogP contribution in [0.4, 0.5) is 8.78 Å². The number of nitrogens with zero attached hydrogens (tertiary/aromatic N) is 4. The maximum Gasteiger partial charge on any atom is 0.133 e. The molecule has 1 atom stereocenters. The summed E-state index contributed by atoms with van der Waals surface area (Å²) in [5.41, 5.74) is -0.480. The van der Waals surface area contributed by atoms with Gasteiger partial charge in [-0.25, -0.2) is 13.5 Å². The van der Waals surface area contributed by atoms with Gasteiger partial charge in [0.05, 0.1) is 18.3 Å². The summed E-state index contributed by atoms with van der Waals surface area (Å²) in [6, 6.07) is 3.51. The van der Waals surface area contributed by atoms with Crippen molar-refractivity contribution in [1.29, 1.82) is 0 Å². The molecule has 122 valence electrons. The zero-order chi connectivity index (χ0) is 16.3. The molecule has 7 heteroatoms. The second kappa shape index (κ2) is 6.55. The van der Waals surface area contributed by atoms with Gasteiger partial charge >= 0.3 is 0 Å². The van der Waals surface area contributed by atoms with Crippen molar-refractivity contribution in [3.05, 3.63) is 53.9 Å². The highest BCUT2D eigenvalue weighted by atomic mass is 19.1. The Morgan fingerprint density at radius 3 is 2.96 bits per heavy atom. The molecule has 1 fully saturated rings. The molecule has 1 unspecified atom stereocenters. The molecule has 0 amide bonds. The van der Waals surface area contributed by atoms with Gasteiger partial charge in [0.2, 0.25) is 0 Å². The van der Waals surface area contributed by atoms with Crippen molar-refractivity contribution in [2.75, 3.05) is 19.6 Å². The summed E-state index contributed by atoms with van der Waals surface area (Å²) in [5, 5.41) is 18.2. The summed E-state index contributed by atoms with van der Waals surface area (Å²) in [5.74, 6) is -1.16. The Morgan fingerprint density at radius 2 is 2.22 bits per heavy atom. The lowest BCUT2D eigenvalue weighted by Gasteiger charge is -2.22. The number of aromatic nitrogens is 3. The minimum Gasteiger partial charge on any atom is -0.387 e. The molecule has 23 heavy (non-hydrogen) atoms. The molecule has 2 aromatic rings. The molecule has 5 nitrogen and oxygen atoms in total. The highest BCUT2D eigenvalue weighted by molar-refractivity contribution is 5.50. The van der Waals surface area contributed by atoms with Gasteiger partial charge in [0.25, 0.3) is 0 Å². The largest absolute Gasteiger partial charge is 0.387 e. The molecule has 0 radical (unpaired) electrons. The molecule has 1 N–H and O–H groups in total. The number of aliphatic hydroxyl groups is 1. The topological polar surface area (TPSA) is 54.2 Å². The van der Waals surface area contributed by atoms with E-state index in [0.717, 1.165) is 12.6 Å². The normalized spacial score (nSPS) is 22.2. The van der Waals surface area contributed by atoms with Gasteiger partial charge in [0.1, 0.15) is 11.6 Å². The van der Waals surface area contributed by atoms with Crippen molar-refractivity contribution >= 4 is 6.08 Å². The summed E-state index contributed by atoms with van der Waals surface area (Å²) in [4.78, 5) is 2.08. The fourth-order valence-electron chi connectivity index (χ4n) is 2.81. The fourth-order valence-corrected chi connectivity index (χ4v) is 2.81. The van der Waals surface area contributed by atoms with Crippen molar-refractivity contribution < 1.29 is 13.9 Å². The average molecular weight is 320 g/mol. The third kappa shape index (κ3) is 4.00. The highest BCUT2D eigenvalue weighted by Crippen LogP contribution is 2.23. The first-order valence-electron chi connectivity index (χ1n) is 7.45. The zero-order valence-electron chi connectivity index (χ0n) is 12.6. The summed E-state index contributed by atoms with van der Waals surface area (Å²) in [6.07, 6.45) is 7.39. The Balaban J connectivity index is 1.54. The van der Waals surface area contributed by atoms with Crippen LogP contribution in [0.2, 0.25) is 0 Å². The van der Waals surface area contributed by atoms with Crippen molar-refractivity contribution in [3.8, 4) is 0 Å². The Hall–Kier alpha value is -2.12. The minimum atomic E-state index is -0.831. The van der Waals surface area contributed by atoms with Crippen LogP contribution in [-0.4, -0.2) is 50.2 Å². The van der Waals surface area contributed by atoms with Crippen LogP contribution in [0.5, 0.6) is 0 Å². The second-order valence-corrected chi connectivity index (χ2v) is 5.88.